The zero-order chi connectivity index (χ0) is 26.2. The van der Waals surface area contributed by atoms with Gasteiger partial charge in [-0.1, -0.05) is 41.9 Å². The van der Waals surface area contributed by atoms with Gasteiger partial charge in [-0.25, -0.2) is 0 Å². The number of carbonyl (C=O) groups is 2. The second-order valence-electron chi connectivity index (χ2n) is 8.87. The summed E-state index contributed by atoms with van der Waals surface area (Å²) in [7, 11) is 0. The number of ether oxygens (including phenoxy) is 1. The molecule has 9 heteroatoms. The summed E-state index contributed by atoms with van der Waals surface area (Å²) in [5.74, 6) is -1.53. The Morgan fingerprint density at radius 2 is 1.76 bits per heavy atom. The molecule has 1 aromatic heterocycles. The highest BCUT2D eigenvalue weighted by atomic mass is 35.5. The van der Waals surface area contributed by atoms with Gasteiger partial charge in [0.05, 0.1) is 29.0 Å². The first-order valence-corrected chi connectivity index (χ1v) is 12.0. The third-order valence-electron chi connectivity index (χ3n) is 6.34. The van der Waals surface area contributed by atoms with E-state index in [0.717, 1.165) is 42.8 Å². The molecule has 0 aliphatic heterocycles. The quantitative estimate of drug-likeness (QED) is 0.273. The van der Waals surface area contributed by atoms with Crippen molar-refractivity contribution in [2.45, 2.75) is 38.0 Å². The van der Waals surface area contributed by atoms with Gasteiger partial charge in [-0.2, -0.15) is 13.2 Å². The maximum Gasteiger partial charge on any atom is 0.416 e. The van der Waals surface area contributed by atoms with E-state index in [1.807, 2.05) is 12.1 Å². The largest absolute Gasteiger partial charge is 0.464 e. The lowest BCUT2D eigenvalue weighted by atomic mass is 10.0. The van der Waals surface area contributed by atoms with Crippen molar-refractivity contribution < 1.29 is 31.9 Å². The van der Waals surface area contributed by atoms with Crippen LogP contribution >= 0.6 is 11.6 Å². The van der Waals surface area contributed by atoms with E-state index in [0.29, 0.717) is 16.7 Å². The molecule has 4 aromatic rings. The monoisotopic (exact) mass is 527 g/mol. The number of anilines is 1. The van der Waals surface area contributed by atoms with E-state index in [1.54, 1.807) is 30.3 Å². The van der Waals surface area contributed by atoms with Gasteiger partial charge in [0.25, 0.3) is 5.91 Å². The minimum Gasteiger partial charge on any atom is -0.464 e. The molecule has 0 bridgehead atoms. The van der Waals surface area contributed by atoms with E-state index in [9.17, 15) is 22.8 Å². The van der Waals surface area contributed by atoms with Crippen molar-refractivity contribution in [2.75, 3.05) is 5.32 Å². The van der Waals surface area contributed by atoms with Crippen LogP contribution in [0.2, 0.25) is 5.02 Å². The summed E-state index contributed by atoms with van der Waals surface area (Å²) in [4.78, 5) is 26.1. The minimum atomic E-state index is -4.62. The SMILES string of the molecule is O=C(Cc1coc2cc3c(cc12)CCC3)O[C@@H](C(=O)Nc1cc(C(F)(F)F)ccc1Cl)c1ccccc1. The van der Waals surface area contributed by atoms with Crippen molar-refractivity contribution in [1.82, 2.24) is 0 Å². The number of halogens is 4. The molecule has 37 heavy (non-hydrogen) atoms. The number of furan rings is 1. The van der Waals surface area contributed by atoms with Gasteiger partial charge in [0, 0.05) is 16.5 Å². The lowest BCUT2D eigenvalue weighted by Gasteiger charge is -2.19. The maximum atomic E-state index is 13.2. The van der Waals surface area contributed by atoms with Gasteiger partial charge in [-0.15, -0.1) is 0 Å². The number of nitrogens with one attached hydrogen (secondary N) is 1. The van der Waals surface area contributed by atoms with Crippen LogP contribution in [-0.2, 0) is 39.8 Å². The van der Waals surface area contributed by atoms with Crippen molar-refractivity contribution in [3.8, 4) is 0 Å². The summed E-state index contributed by atoms with van der Waals surface area (Å²) < 4.78 is 50.7. The van der Waals surface area contributed by atoms with Crippen LogP contribution in [0.3, 0.4) is 0 Å². The van der Waals surface area contributed by atoms with E-state index in [2.05, 4.69) is 5.32 Å². The third kappa shape index (κ3) is 5.34. The van der Waals surface area contributed by atoms with Crippen molar-refractivity contribution in [1.29, 1.82) is 0 Å². The zero-order valence-electron chi connectivity index (χ0n) is 19.4. The van der Waals surface area contributed by atoms with Crippen molar-refractivity contribution >= 4 is 40.1 Å². The number of aryl methyl sites for hydroxylation is 2. The molecule has 0 saturated carbocycles. The molecule has 1 amide bonds. The average molecular weight is 528 g/mol. The van der Waals surface area contributed by atoms with E-state index in [1.165, 1.54) is 17.4 Å². The normalized spacial score (nSPS) is 13.8. The summed E-state index contributed by atoms with van der Waals surface area (Å²) in [6, 6.07) is 14.8. The van der Waals surface area contributed by atoms with Crippen LogP contribution in [0, 0.1) is 0 Å². The van der Waals surface area contributed by atoms with Crippen LogP contribution < -0.4 is 5.32 Å². The van der Waals surface area contributed by atoms with Crippen molar-refractivity contribution in [2.24, 2.45) is 0 Å². The molecule has 0 fully saturated rings. The van der Waals surface area contributed by atoms with E-state index in [4.69, 9.17) is 20.8 Å². The van der Waals surface area contributed by atoms with Crippen LogP contribution in [0.5, 0.6) is 0 Å². The van der Waals surface area contributed by atoms with E-state index >= 15 is 0 Å². The number of carbonyl (C=O) groups excluding carboxylic acids is 2. The Kier molecular flexibility index (Phi) is 6.69. The Bertz CT molecular complexity index is 1480. The van der Waals surface area contributed by atoms with Gasteiger partial charge >= 0.3 is 12.1 Å². The summed E-state index contributed by atoms with van der Waals surface area (Å²) in [6.07, 6.45) is -1.65. The van der Waals surface area contributed by atoms with E-state index < -0.39 is 29.7 Å². The van der Waals surface area contributed by atoms with E-state index in [-0.39, 0.29) is 17.1 Å². The highest BCUT2D eigenvalue weighted by molar-refractivity contribution is 6.33. The number of hydrogen-bond acceptors (Lipinski definition) is 4. The molecule has 1 atom stereocenters. The molecule has 1 N–H and O–H groups in total. The zero-order valence-corrected chi connectivity index (χ0v) is 20.2. The van der Waals surface area contributed by atoms with Crippen LogP contribution in [0.1, 0.15) is 40.3 Å². The van der Waals surface area contributed by atoms with Crippen molar-refractivity contribution in [3.05, 3.63) is 99.8 Å². The number of fused-ring (bicyclic) bond motifs is 2. The first-order valence-electron chi connectivity index (χ1n) is 11.6. The molecule has 3 aromatic carbocycles. The van der Waals surface area contributed by atoms with Gasteiger partial charge < -0.3 is 14.5 Å². The molecule has 0 radical (unpaired) electrons. The van der Waals surface area contributed by atoms with Gasteiger partial charge in [-0.3, -0.25) is 9.59 Å². The van der Waals surface area contributed by atoms with Gasteiger partial charge in [0.2, 0.25) is 6.10 Å². The Morgan fingerprint density at radius 1 is 1.03 bits per heavy atom. The number of amides is 1. The Morgan fingerprint density at radius 3 is 2.49 bits per heavy atom. The van der Waals surface area contributed by atoms with Crippen LogP contribution in [0.4, 0.5) is 18.9 Å². The highest BCUT2D eigenvalue weighted by Crippen LogP contribution is 2.35. The third-order valence-corrected chi connectivity index (χ3v) is 6.67. The van der Waals surface area contributed by atoms with Crippen LogP contribution in [0.25, 0.3) is 11.0 Å². The topological polar surface area (TPSA) is 68.5 Å². The molecule has 1 aliphatic rings. The average Bonchev–Trinajstić information content (AvgIpc) is 3.48. The number of rotatable bonds is 6. The number of hydrogen-bond donors (Lipinski definition) is 1. The van der Waals surface area contributed by atoms with Gasteiger partial charge in [-0.05, 0) is 60.7 Å². The second-order valence-corrected chi connectivity index (χ2v) is 9.28. The minimum absolute atomic E-state index is 0.0862. The molecule has 5 nitrogen and oxygen atoms in total. The first kappa shape index (κ1) is 24.9. The number of benzene rings is 3. The molecular weight excluding hydrogens is 507 g/mol. The molecule has 1 heterocycles. The molecule has 0 saturated heterocycles. The molecular formula is C28H21ClF3NO4. The Labute approximate surface area is 215 Å². The van der Waals surface area contributed by atoms with Crippen molar-refractivity contribution in [3.63, 3.8) is 0 Å². The summed E-state index contributed by atoms with van der Waals surface area (Å²) in [6.45, 7) is 0. The molecule has 1 aliphatic carbocycles. The summed E-state index contributed by atoms with van der Waals surface area (Å²) in [5.41, 5.74) is 2.91. The molecule has 0 spiro atoms. The number of esters is 1. The molecule has 190 valence electrons. The van der Waals surface area contributed by atoms with Crippen LogP contribution in [-0.4, -0.2) is 11.9 Å². The summed E-state index contributed by atoms with van der Waals surface area (Å²) in [5, 5.41) is 3.10. The fraction of sp³-hybridized carbons (Fsp3) is 0.214. The maximum absolute atomic E-state index is 13.2. The Balaban J connectivity index is 1.38. The van der Waals surface area contributed by atoms with Gasteiger partial charge in [0.1, 0.15) is 5.58 Å². The molecule has 5 rings (SSSR count). The first-order chi connectivity index (χ1) is 17.7. The lowest BCUT2D eigenvalue weighted by Crippen LogP contribution is -2.26. The fourth-order valence-electron chi connectivity index (χ4n) is 4.51. The second kappa shape index (κ2) is 9.94. The highest BCUT2D eigenvalue weighted by Gasteiger charge is 2.32. The smallest absolute Gasteiger partial charge is 0.416 e. The fourth-order valence-corrected chi connectivity index (χ4v) is 4.67. The summed E-state index contributed by atoms with van der Waals surface area (Å²) >= 11 is 6.04. The van der Waals surface area contributed by atoms with Gasteiger partial charge in [0.15, 0.2) is 0 Å². The Hall–Kier alpha value is -3.78. The number of alkyl halides is 3. The standard InChI is InChI=1S/C28H21ClF3NO4/c29-22-10-9-20(28(30,31)32)14-23(22)33-27(35)26(16-5-2-1-3-6-16)37-25(34)13-19-15-36-24-12-18-8-4-7-17(18)11-21(19)24/h1-3,5-6,9-12,14-15,26H,4,7-8,13H2,(H,33,35)/t26-/m1/s1. The predicted molar refractivity (Wildman–Crippen MR) is 132 cm³/mol. The lowest BCUT2D eigenvalue weighted by molar-refractivity contribution is -0.154. The van der Waals surface area contributed by atoms with Crippen LogP contribution in [0.15, 0.2) is 71.3 Å². The predicted octanol–water partition coefficient (Wildman–Crippen LogP) is 7.06. The molecule has 0 unspecified atom stereocenters.